The maximum absolute atomic E-state index is 13.9. The largest absolute Gasteiger partial charge is 0.310 e. The van der Waals surface area contributed by atoms with Gasteiger partial charge in [-0.3, -0.25) is 0 Å². The molecular formula is C16H19F2NS. The minimum Gasteiger partial charge on any atom is -0.310 e. The van der Waals surface area contributed by atoms with Crippen molar-refractivity contribution >= 4 is 11.3 Å². The Morgan fingerprint density at radius 1 is 1.10 bits per heavy atom. The smallest absolute Gasteiger partial charge is 0.163 e. The first-order chi connectivity index (χ1) is 9.65. The molecule has 1 unspecified atom stereocenters. The Morgan fingerprint density at radius 2 is 1.85 bits per heavy atom. The average molecular weight is 295 g/mol. The maximum atomic E-state index is 13.9. The van der Waals surface area contributed by atoms with Gasteiger partial charge in [0.1, 0.15) is 0 Å². The first-order valence-electron chi connectivity index (χ1n) is 6.90. The van der Waals surface area contributed by atoms with Crippen LogP contribution in [0.25, 0.3) is 0 Å². The summed E-state index contributed by atoms with van der Waals surface area (Å²) >= 11 is 1.74. The topological polar surface area (TPSA) is 12.0 Å². The third-order valence-electron chi connectivity index (χ3n) is 3.28. The minimum absolute atomic E-state index is 0.195. The van der Waals surface area contributed by atoms with Crippen molar-refractivity contribution in [3.63, 3.8) is 0 Å². The fourth-order valence-electron chi connectivity index (χ4n) is 2.25. The molecule has 108 valence electrons. The third kappa shape index (κ3) is 3.44. The molecule has 1 atom stereocenters. The second-order valence-corrected chi connectivity index (χ2v) is 5.93. The zero-order valence-electron chi connectivity index (χ0n) is 11.7. The summed E-state index contributed by atoms with van der Waals surface area (Å²) in [5, 5.41) is 3.24. The van der Waals surface area contributed by atoms with Crippen LogP contribution in [0.15, 0.2) is 30.3 Å². The van der Waals surface area contributed by atoms with Crippen LogP contribution in [0.3, 0.4) is 0 Å². The summed E-state index contributed by atoms with van der Waals surface area (Å²) in [6.07, 6.45) is 1.68. The van der Waals surface area contributed by atoms with Crippen LogP contribution in [0.5, 0.6) is 0 Å². The van der Waals surface area contributed by atoms with Gasteiger partial charge in [0, 0.05) is 27.8 Å². The lowest BCUT2D eigenvalue weighted by molar-refractivity contribution is 0.465. The summed E-state index contributed by atoms with van der Waals surface area (Å²) < 4.78 is 27.3. The summed E-state index contributed by atoms with van der Waals surface area (Å²) in [5.74, 6) is -1.53. The summed E-state index contributed by atoms with van der Waals surface area (Å²) in [4.78, 5) is 2.51. The SMILES string of the molecule is CCNC(Cc1ccc(CC)s1)c1cccc(F)c1F. The van der Waals surface area contributed by atoms with E-state index in [1.165, 1.54) is 9.75 Å². The lowest BCUT2D eigenvalue weighted by Crippen LogP contribution is -2.24. The standard InChI is InChI=1S/C16H19F2NS/c1-3-11-8-9-12(20-11)10-15(19-4-2)13-6-5-7-14(17)16(13)18/h5-9,15,19H,3-4,10H2,1-2H3. The van der Waals surface area contributed by atoms with Gasteiger partial charge in [0.05, 0.1) is 0 Å². The molecule has 4 heteroatoms. The molecule has 0 saturated heterocycles. The van der Waals surface area contributed by atoms with E-state index >= 15 is 0 Å². The second-order valence-electron chi connectivity index (χ2n) is 4.68. The molecule has 0 aliphatic heterocycles. The van der Waals surface area contributed by atoms with Crippen LogP contribution in [0.4, 0.5) is 8.78 Å². The quantitative estimate of drug-likeness (QED) is 0.828. The van der Waals surface area contributed by atoms with Crippen LogP contribution in [-0.2, 0) is 12.8 Å². The number of nitrogens with one attached hydrogen (secondary N) is 1. The van der Waals surface area contributed by atoms with Gasteiger partial charge >= 0.3 is 0 Å². The van der Waals surface area contributed by atoms with Gasteiger partial charge in [-0.05, 0) is 31.2 Å². The van der Waals surface area contributed by atoms with E-state index in [-0.39, 0.29) is 6.04 Å². The number of rotatable bonds is 6. The summed E-state index contributed by atoms with van der Waals surface area (Å²) in [6.45, 7) is 4.80. The predicted molar refractivity (Wildman–Crippen MR) is 80.2 cm³/mol. The van der Waals surface area contributed by atoms with Crippen LogP contribution in [0.2, 0.25) is 0 Å². The maximum Gasteiger partial charge on any atom is 0.163 e. The number of hydrogen-bond donors (Lipinski definition) is 1. The molecule has 2 rings (SSSR count). The molecule has 0 bridgehead atoms. The number of halogens is 2. The van der Waals surface area contributed by atoms with Crippen LogP contribution in [0, 0.1) is 11.6 Å². The van der Waals surface area contributed by atoms with E-state index in [9.17, 15) is 8.78 Å². The molecule has 0 saturated carbocycles. The van der Waals surface area contributed by atoms with E-state index in [0.717, 1.165) is 12.5 Å². The Bertz CT molecular complexity index is 565. The molecule has 0 amide bonds. The Hall–Kier alpha value is -1.26. The molecule has 0 aliphatic rings. The van der Waals surface area contributed by atoms with Crippen molar-refractivity contribution in [1.82, 2.24) is 5.32 Å². The average Bonchev–Trinajstić information content (AvgIpc) is 2.89. The minimum atomic E-state index is -0.786. The number of benzene rings is 1. The summed E-state index contributed by atoms with van der Waals surface area (Å²) in [6, 6.07) is 8.35. The van der Waals surface area contributed by atoms with Crippen LogP contribution in [-0.4, -0.2) is 6.54 Å². The highest BCUT2D eigenvalue weighted by Crippen LogP contribution is 2.26. The Balaban J connectivity index is 2.24. The van der Waals surface area contributed by atoms with Crippen molar-refractivity contribution < 1.29 is 8.78 Å². The van der Waals surface area contributed by atoms with Gasteiger partial charge < -0.3 is 5.32 Å². The molecule has 1 heterocycles. The van der Waals surface area contributed by atoms with Gasteiger partial charge in [-0.1, -0.05) is 26.0 Å². The van der Waals surface area contributed by atoms with E-state index in [1.54, 1.807) is 23.5 Å². The lowest BCUT2D eigenvalue weighted by Gasteiger charge is -2.18. The van der Waals surface area contributed by atoms with E-state index in [0.29, 0.717) is 18.5 Å². The first-order valence-corrected chi connectivity index (χ1v) is 7.72. The molecular weight excluding hydrogens is 276 g/mol. The first kappa shape index (κ1) is 15.1. The van der Waals surface area contributed by atoms with Crippen molar-refractivity contribution in [3.05, 3.63) is 57.3 Å². The fraction of sp³-hybridized carbons (Fsp3) is 0.375. The molecule has 1 aromatic heterocycles. The molecule has 20 heavy (non-hydrogen) atoms. The van der Waals surface area contributed by atoms with Gasteiger partial charge in [0.25, 0.3) is 0 Å². The summed E-state index contributed by atoms with van der Waals surface area (Å²) in [5.41, 5.74) is 0.401. The molecule has 1 aromatic carbocycles. The number of likely N-dealkylation sites (N-methyl/N-ethyl adjacent to an activating group) is 1. The molecule has 0 radical (unpaired) electrons. The Labute approximate surface area is 122 Å². The van der Waals surface area contributed by atoms with Crippen LogP contribution >= 0.6 is 11.3 Å². The van der Waals surface area contributed by atoms with Crippen LogP contribution in [0.1, 0.15) is 35.2 Å². The van der Waals surface area contributed by atoms with E-state index in [2.05, 4.69) is 24.4 Å². The normalized spacial score (nSPS) is 12.6. The number of thiophene rings is 1. The van der Waals surface area contributed by atoms with Gasteiger partial charge in [0.2, 0.25) is 0 Å². The van der Waals surface area contributed by atoms with Crippen LogP contribution < -0.4 is 5.32 Å². The van der Waals surface area contributed by atoms with Gasteiger partial charge in [0.15, 0.2) is 11.6 Å². The van der Waals surface area contributed by atoms with Crippen molar-refractivity contribution in [3.8, 4) is 0 Å². The third-order valence-corrected chi connectivity index (χ3v) is 4.53. The number of hydrogen-bond acceptors (Lipinski definition) is 2. The second kappa shape index (κ2) is 6.95. The van der Waals surface area contributed by atoms with Crippen molar-refractivity contribution in [2.45, 2.75) is 32.7 Å². The predicted octanol–water partition coefficient (Wildman–Crippen LogP) is 4.48. The van der Waals surface area contributed by atoms with Crippen molar-refractivity contribution in [2.75, 3.05) is 6.54 Å². The fourth-order valence-corrected chi connectivity index (χ4v) is 3.25. The van der Waals surface area contributed by atoms with Crippen molar-refractivity contribution in [2.24, 2.45) is 0 Å². The van der Waals surface area contributed by atoms with Gasteiger partial charge in [-0.15, -0.1) is 11.3 Å². The summed E-state index contributed by atoms with van der Waals surface area (Å²) in [7, 11) is 0. The Morgan fingerprint density at radius 3 is 2.50 bits per heavy atom. The van der Waals surface area contributed by atoms with E-state index in [4.69, 9.17) is 0 Å². The van der Waals surface area contributed by atoms with Crippen molar-refractivity contribution in [1.29, 1.82) is 0 Å². The van der Waals surface area contributed by atoms with E-state index in [1.807, 2.05) is 6.92 Å². The molecule has 0 spiro atoms. The molecule has 2 aromatic rings. The zero-order valence-corrected chi connectivity index (χ0v) is 12.6. The molecule has 1 N–H and O–H groups in total. The van der Waals surface area contributed by atoms with Gasteiger partial charge in [-0.25, -0.2) is 8.78 Å². The highest BCUT2D eigenvalue weighted by molar-refractivity contribution is 7.11. The lowest BCUT2D eigenvalue weighted by atomic mass is 10.0. The molecule has 0 fully saturated rings. The zero-order chi connectivity index (χ0) is 14.5. The van der Waals surface area contributed by atoms with Gasteiger partial charge in [-0.2, -0.15) is 0 Å². The van der Waals surface area contributed by atoms with E-state index < -0.39 is 11.6 Å². The molecule has 1 nitrogen and oxygen atoms in total. The highest BCUT2D eigenvalue weighted by Gasteiger charge is 2.18. The number of aryl methyl sites for hydroxylation is 1. The Kier molecular flexibility index (Phi) is 5.26. The molecule has 0 aliphatic carbocycles. The monoisotopic (exact) mass is 295 g/mol. The highest BCUT2D eigenvalue weighted by atomic mass is 32.1.